The predicted octanol–water partition coefficient (Wildman–Crippen LogP) is 3.96. The Morgan fingerprint density at radius 1 is 1.30 bits per heavy atom. The van der Waals surface area contributed by atoms with Crippen molar-refractivity contribution in [3.8, 4) is 5.75 Å². The summed E-state index contributed by atoms with van der Waals surface area (Å²) in [6.07, 6.45) is 1.97. The molecule has 0 radical (unpaired) electrons. The molecule has 0 bridgehead atoms. The topological polar surface area (TPSA) is 30.5 Å². The van der Waals surface area contributed by atoms with Crippen molar-refractivity contribution in [2.45, 2.75) is 32.9 Å². The Balaban J connectivity index is 2.36. The van der Waals surface area contributed by atoms with Gasteiger partial charge >= 0.3 is 6.61 Å². The number of unbranched alkanes of at least 4 members (excludes halogenated alkanes) is 1. The molecule has 0 aliphatic carbocycles. The second-order valence-corrected chi connectivity index (χ2v) is 5.13. The average Bonchev–Trinajstić information content (AvgIpc) is 2.40. The van der Waals surface area contributed by atoms with E-state index in [0.29, 0.717) is 12.1 Å². The van der Waals surface area contributed by atoms with Crippen LogP contribution in [0.1, 0.15) is 25.3 Å². The van der Waals surface area contributed by atoms with Crippen LogP contribution < -0.4 is 10.1 Å². The Labute approximate surface area is 126 Å². The van der Waals surface area contributed by atoms with Gasteiger partial charge in [0.2, 0.25) is 0 Å². The summed E-state index contributed by atoms with van der Waals surface area (Å²) in [4.78, 5) is 0. The van der Waals surface area contributed by atoms with Gasteiger partial charge < -0.3 is 14.8 Å². The van der Waals surface area contributed by atoms with Crippen molar-refractivity contribution < 1.29 is 18.3 Å². The number of ether oxygens (including phenoxy) is 2. The summed E-state index contributed by atoms with van der Waals surface area (Å²) in [5, 5.41) is 3.22. The van der Waals surface area contributed by atoms with Gasteiger partial charge in [0.1, 0.15) is 5.75 Å². The lowest BCUT2D eigenvalue weighted by Crippen LogP contribution is -2.16. The molecule has 0 saturated carbocycles. The van der Waals surface area contributed by atoms with Crippen molar-refractivity contribution in [3.05, 3.63) is 28.2 Å². The van der Waals surface area contributed by atoms with Gasteiger partial charge in [-0.1, -0.05) is 15.9 Å². The highest BCUT2D eigenvalue weighted by atomic mass is 79.9. The SMILES string of the molecule is CCOCCCCNCc1cc(Br)ccc1OC(F)F. The van der Waals surface area contributed by atoms with Crippen molar-refractivity contribution in [3.63, 3.8) is 0 Å². The minimum atomic E-state index is -2.80. The van der Waals surface area contributed by atoms with Gasteiger partial charge in [-0.15, -0.1) is 0 Å². The van der Waals surface area contributed by atoms with E-state index < -0.39 is 6.61 Å². The van der Waals surface area contributed by atoms with Gasteiger partial charge in [-0.3, -0.25) is 0 Å². The monoisotopic (exact) mass is 351 g/mol. The third-order valence-electron chi connectivity index (χ3n) is 2.65. The molecular formula is C14H20BrF2NO2. The highest BCUT2D eigenvalue weighted by Crippen LogP contribution is 2.24. The average molecular weight is 352 g/mol. The van der Waals surface area contributed by atoms with E-state index in [-0.39, 0.29) is 5.75 Å². The second kappa shape index (κ2) is 10.1. The zero-order valence-electron chi connectivity index (χ0n) is 11.5. The van der Waals surface area contributed by atoms with Crippen molar-refractivity contribution in [2.24, 2.45) is 0 Å². The molecular weight excluding hydrogens is 332 g/mol. The Hall–Kier alpha value is -0.720. The molecule has 3 nitrogen and oxygen atoms in total. The fraction of sp³-hybridized carbons (Fsp3) is 0.571. The standard InChI is InChI=1S/C14H20BrF2NO2/c1-2-19-8-4-3-7-18-10-11-9-12(15)5-6-13(11)20-14(16)17/h5-6,9,14,18H,2-4,7-8,10H2,1H3. The maximum absolute atomic E-state index is 12.3. The quantitative estimate of drug-likeness (QED) is 0.647. The smallest absolute Gasteiger partial charge is 0.387 e. The van der Waals surface area contributed by atoms with Crippen LogP contribution in [0.3, 0.4) is 0 Å². The van der Waals surface area contributed by atoms with Gasteiger partial charge in [-0.25, -0.2) is 0 Å². The van der Waals surface area contributed by atoms with E-state index in [0.717, 1.165) is 37.1 Å². The largest absolute Gasteiger partial charge is 0.434 e. The highest BCUT2D eigenvalue weighted by molar-refractivity contribution is 9.10. The summed E-state index contributed by atoms with van der Waals surface area (Å²) in [7, 11) is 0. The van der Waals surface area contributed by atoms with Crippen LogP contribution in [0.15, 0.2) is 22.7 Å². The fourth-order valence-electron chi connectivity index (χ4n) is 1.72. The van der Waals surface area contributed by atoms with Gasteiger partial charge in [0.15, 0.2) is 0 Å². The van der Waals surface area contributed by atoms with Gasteiger partial charge in [0.05, 0.1) is 0 Å². The Kier molecular flexibility index (Phi) is 8.73. The first-order valence-electron chi connectivity index (χ1n) is 6.65. The molecule has 114 valence electrons. The molecule has 0 aromatic heterocycles. The minimum absolute atomic E-state index is 0.213. The molecule has 1 N–H and O–H groups in total. The molecule has 0 aliphatic heterocycles. The van der Waals surface area contributed by atoms with Crippen LogP contribution in [0.5, 0.6) is 5.75 Å². The summed E-state index contributed by atoms with van der Waals surface area (Å²) in [6, 6.07) is 5.01. The van der Waals surface area contributed by atoms with E-state index in [1.165, 1.54) is 0 Å². The first-order chi connectivity index (χ1) is 9.63. The minimum Gasteiger partial charge on any atom is -0.434 e. The first-order valence-corrected chi connectivity index (χ1v) is 7.44. The maximum atomic E-state index is 12.3. The molecule has 0 unspecified atom stereocenters. The van der Waals surface area contributed by atoms with Crippen LogP contribution >= 0.6 is 15.9 Å². The number of hydrogen-bond acceptors (Lipinski definition) is 3. The molecule has 0 amide bonds. The van der Waals surface area contributed by atoms with Crippen LogP contribution in [-0.2, 0) is 11.3 Å². The van der Waals surface area contributed by atoms with Gasteiger partial charge in [-0.2, -0.15) is 8.78 Å². The number of nitrogens with one attached hydrogen (secondary N) is 1. The Morgan fingerprint density at radius 2 is 2.10 bits per heavy atom. The molecule has 0 heterocycles. The van der Waals surface area contributed by atoms with Crippen LogP contribution in [-0.4, -0.2) is 26.4 Å². The fourth-order valence-corrected chi connectivity index (χ4v) is 2.13. The van der Waals surface area contributed by atoms with E-state index in [1.54, 1.807) is 18.2 Å². The molecule has 0 aliphatic rings. The molecule has 0 saturated heterocycles. The molecule has 1 aromatic rings. The summed E-state index contributed by atoms with van der Waals surface area (Å²) in [5.41, 5.74) is 0.712. The summed E-state index contributed by atoms with van der Waals surface area (Å²) in [6.45, 7) is 1.97. The van der Waals surface area contributed by atoms with E-state index in [9.17, 15) is 8.78 Å². The van der Waals surface area contributed by atoms with Crippen LogP contribution in [0, 0.1) is 0 Å². The Bertz CT molecular complexity index is 391. The highest BCUT2D eigenvalue weighted by Gasteiger charge is 2.09. The molecule has 6 heteroatoms. The van der Waals surface area contributed by atoms with Gasteiger partial charge in [0, 0.05) is 29.8 Å². The molecule has 20 heavy (non-hydrogen) atoms. The van der Waals surface area contributed by atoms with E-state index in [1.807, 2.05) is 6.92 Å². The third kappa shape index (κ3) is 7.17. The second-order valence-electron chi connectivity index (χ2n) is 4.21. The lowest BCUT2D eigenvalue weighted by Gasteiger charge is -2.12. The van der Waals surface area contributed by atoms with Gasteiger partial charge in [-0.05, 0) is 44.5 Å². The summed E-state index contributed by atoms with van der Waals surface area (Å²) < 4.78 is 35.2. The van der Waals surface area contributed by atoms with Gasteiger partial charge in [0.25, 0.3) is 0 Å². The number of benzene rings is 1. The summed E-state index contributed by atoms with van der Waals surface area (Å²) in [5.74, 6) is 0.213. The lowest BCUT2D eigenvalue weighted by atomic mass is 10.2. The number of hydrogen-bond donors (Lipinski definition) is 1. The summed E-state index contributed by atoms with van der Waals surface area (Å²) >= 11 is 3.33. The molecule has 1 rings (SSSR count). The normalized spacial score (nSPS) is 11.1. The maximum Gasteiger partial charge on any atom is 0.387 e. The third-order valence-corrected chi connectivity index (χ3v) is 3.14. The number of alkyl halides is 2. The zero-order chi connectivity index (χ0) is 14.8. The van der Waals surface area contributed by atoms with E-state index in [4.69, 9.17) is 4.74 Å². The zero-order valence-corrected chi connectivity index (χ0v) is 13.1. The molecule has 1 aromatic carbocycles. The van der Waals surface area contributed by atoms with Crippen molar-refractivity contribution >= 4 is 15.9 Å². The first kappa shape index (κ1) is 17.3. The van der Waals surface area contributed by atoms with Crippen molar-refractivity contribution in [1.82, 2.24) is 5.32 Å². The lowest BCUT2D eigenvalue weighted by molar-refractivity contribution is -0.0505. The van der Waals surface area contributed by atoms with Crippen molar-refractivity contribution in [2.75, 3.05) is 19.8 Å². The van der Waals surface area contributed by atoms with Crippen LogP contribution in [0.2, 0.25) is 0 Å². The van der Waals surface area contributed by atoms with Crippen molar-refractivity contribution in [1.29, 1.82) is 0 Å². The number of rotatable bonds is 10. The molecule has 0 fully saturated rings. The number of halogens is 3. The van der Waals surface area contributed by atoms with Crippen LogP contribution in [0.4, 0.5) is 8.78 Å². The van der Waals surface area contributed by atoms with E-state index in [2.05, 4.69) is 26.0 Å². The molecule has 0 atom stereocenters. The Morgan fingerprint density at radius 3 is 2.80 bits per heavy atom. The predicted molar refractivity (Wildman–Crippen MR) is 78.2 cm³/mol. The van der Waals surface area contributed by atoms with Crippen LogP contribution in [0.25, 0.3) is 0 Å². The molecule has 0 spiro atoms. The van der Waals surface area contributed by atoms with E-state index >= 15 is 0 Å².